The Bertz CT molecular complexity index is 359. The Morgan fingerprint density at radius 2 is 2.40 bits per heavy atom. The molecule has 2 N–H and O–H groups in total. The monoisotopic (exact) mass is 212 g/mol. The molecule has 1 aliphatic rings. The van der Waals surface area contributed by atoms with Crippen molar-refractivity contribution in [2.24, 2.45) is 0 Å². The zero-order chi connectivity index (χ0) is 10.8. The van der Waals surface area contributed by atoms with Crippen molar-refractivity contribution in [3.63, 3.8) is 0 Å². The van der Waals surface area contributed by atoms with Gasteiger partial charge < -0.3 is 15.1 Å². The van der Waals surface area contributed by atoms with Crippen LogP contribution in [0, 0.1) is 5.82 Å². The van der Waals surface area contributed by atoms with Crippen LogP contribution in [0.5, 0.6) is 0 Å². The highest BCUT2D eigenvalue weighted by Crippen LogP contribution is 2.23. The van der Waals surface area contributed by atoms with E-state index in [0.717, 1.165) is 0 Å². The molecule has 1 aromatic rings. The number of rotatable bonds is 2. The second-order valence-electron chi connectivity index (χ2n) is 3.65. The van der Waals surface area contributed by atoms with Crippen molar-refractivity contribution in [1.29, 1.82) is 0 Å². The number of hydrogen-bond donors (Lipinski definition) is 2. The highest BCUT2D eigenvalue weighted by Gasteiger charge is 2.24. The quantitative estimate of drug-likeness (QED) is 0.739. The number of aliphatic hydroxyl groups is 2. The van der Waals surface area contributed by atoms with Crippen LogP contribution in [-0.4, -0.2) is 34.4 Å². The molecule has 1 atom stereocenters. The van der Waals surface area contributed by atoms with Crippen LogP contribution >= 0.6 is 0 Å². The number of aliphatic hydroxyl groups excluding tert-OH is 2. The fourth-order valence-corrected chi connectivity index (χ4v) is 1.75. The Hall–Kier alpha value is -1.20. The van der Waals surface area contributed by atoms with Gasteiger partial charge in [-0.25, -0.2) is 9.37 Å². The molecule has 2 rings (SSSR count). The van der Waals surface area contributed by atoms with Crippen LogP contribution in [-0.2, 0) is 6.61 Å². The van der Waals surface area contributed by atoms with Gasteiger partial charge in [0.25, 0.3) is 0 Å². The van der Waals surface area contributed by atoms with Crippen LogP contribution in [0.1, 0.15) is 12.0 Å². The summed E-state index contributed by atoms with van der Waals surface area (Å²) >= 11 is 0. The molecule has 0 saturated carbocycles. The lowest BCUT2D eigenvalue weighted by molar-refractivity contribution is 0.198. The van der Waals surface area contributed by atoms with Crippen LogP contribution in [0.4, 0.5) is 10.2 Å². The summed E-state index contributed by atoms with van der Waals surface area (Å²) in [6.45, 7) is 0.663. The molecule has 5 heteroatoms. The van der Waals surface area contributed by atoms with Crippen molar-refractivity contribution in [1.82, 2.24) is 4.98 Å². The molecule has 1 aliphatic heterocycles. The second kappa shape index (κ2) is 4.12. The van der Waals surface area contributed by atoms with Gasteiger partial charge in [0.15, 0.2) is 11.6 Å². The molecule has 82 valence electrons. The van der Waals surface area contributed by atoms with Gasteiger partial charge in [0.2, 0.25) is 0 Å². The summed E-state index contributed by atoms with van der Waals surface area (Å²) in [4.78, 5) is 5.63. The number of hydrogen-bond acceptors (Lipinski definition) is 4. The Kier molecular flexibility index (Phi) is 2.83. The lowest BCUT2D eigenvalue weighted by Crippen LogP contribution is -2.23. The third-order valence-electron chi connectivity index (χ3n) is 2.58. The van der Waals surface area contributed by atoms with E-state index in [1.807, 2.05) is 0 Å². The van der Waals surface area contributed by atoms with E-state index < -0.39 is 11.9 Å². The Labute approximate surface area is 87.0 Å². The molecular formula is C10H13FN2O2. The fourth-order valence-electron chi connectivity index (χ4n) is 1.75. The average molecular weight is 212 g/mol. The SMILES string of the molecule is OCc1ccnc(N2CCC(O)C2)c1F. The first kappa shape index (κ1) is 10.3. The van der Waals surface area contributed by atoms with Gasteiger partial charge in [-0.1, -0.05) is 0 Å². The van der Waals surface area contributed by atoms with Crippen LogP contribution in [0.2, 0.25) is 0 Å². The molecule has 15 heavy (non-hydrogen) atoms. The van der Waals surface area contributed by atoms with E-state index in [4.69, 9.17) is 5.11 Å². The van der Waals surface area contributed by atoms with E-state index in [-0.39, 0.29) is 18.0 Å². The Balaban J connectivity index is 2.28. The molecule has 2 heterocycles. The van der Waals surface area contributed by atoms with Gasteiger partial charge in [-0.2, -0.15) is 0 Å². The van der Waals surface area contributed by atoms with E-state index >= 15 is 0 Å². The molecule has 0 amide bonds. The molecule has 0 radical (unpaired) electrons. The van der Waals surface area contributed by atoms with E-state index in [0.29, 0.717) is 19.5 Å². The number of anilines is 1. The van der Waals surface area contributed by atoms with Gasteiger partial charge >= 0.3 is 0 Å². The van der Waals surface area contributed by atoms with E-state index in [9.17, 15) is 9.50 Å². The maximum absolute atomic E-state index is 13.7. The third kappa shape index (κ3) is 1.93. The third-order valence-corrected chi connectivity index (χ3v) is 2.58. The van der Waals surface area contributed by atoms with Crippen molar-refractivity contribution < 1.29 is 14.6 Å². The van der Waals surface area contributed by atoms with Crippen molar-refractivity contribution in [3.8, 4) is 0 Å². The van der Waals surface area contributed by atoms with Gasteiger partial charge in [0, 0.05) is 24.8 Å². The lowest BCUT2D eigenvalue weighted by Gasteiger charge is -2.17. The zero-order valence-electron chi connectivity index (χ0n) is 8.23. The topological polar surface area (TPSA) is 56.6 Å². The van der Waals surface area contributed by atoms with E-state index in [1.165, 1.54) is 12.3 Å². The maximum atomic E-state index is 13.7. The minimum absolute atomic E-state index is 0.220. The maximum Gasteiger partial charge on any atom is 0.171 e. The van der Waals surface area contributed by atoms with Crippen molar-refractivity contribution in [2.75, 3.05) is 18.0 Å². The molecule has 1 saturated heterocycles. The smallest absolute Gasteiger partial charge is 0.171 e. The normalized spacial score (nSPS) is 21.0. The molecule has 4 nitrogen and oxygen atoms in total. The largest absolute Gasteiger partial charge is 0.392 e. The van der Waals surface area contributed by atoms with Crippen molar-refractivity contribution >= 4 is 5.82 Å². The van der Waals surface area contributed by atoms with Gasteiger partial charge in [0.05, 0.1) is 12.7 Å². The second-order valence-corrected chi connectivity index (χ2v) is 3.65. The first-order valence-corrected chi connectivity index (χ1v) is 4.89. The molecule has 1 aromatic heterocycles. The van der Waals surface area contributed by atoms with E-state index in [1.54, 1.807) is 4.90 Å². The van der Waals surface area contributed by atoms with Gasteiger partial charge in [0.1, 0.15) is 0 Å². The van der Waals surface area contributed by atoms with Crippen molar-refractivity contribution in [2.45, 2.75) is 19.1 Å². The predicted molar refractivity (Wildman–Crippen MR) is 53.0 cm³/mol. The summed E-state index contributed by atoms with van der Waals surface area (Å²) in [7, 11) is 0. The first-order chi connectivity index (χ1) is 7.22. The molecule has 0 spiro atoms. The van der Waals surface area contributed by atoms with Gasteiger partial charge in [-0.15, -0.1) is 0 Å². The van der Waals surface area contributed by atoms with Crippen LogP contribution in [0.3, 0.4) is 0 Å². The number of nitrogens with zero attached hydrogens (tertiary/aromatic N) is 2. The summed E-state index contributed by atoms with van der Waals surface area (Å²) < 4.78 is 13.7. The number of aromatic nitrogens is 1. The van der Waals surface area contributed by atoms with Gasteiger partial charge in [-0.05, 0) is 12.5 Å². The Morgan fingerprint density at radius 1 is 1.60 bits per heavy atom. The summed E-state index contributed by atoms with van der Waals surface area (Å²) in [5.41, 5.74) is 0.237. The van der Waals surface area contributed by atoms with E-state index in [2.05, 4.69) is 4.98 Å². The summed E-state index contributed by atoms with van der Waals surface area (Å²) in [6.07, 6.45) is 1.68. The number of pyridine rings is 1. The zero-order valence-corrected chi connectivity index (χ0v) is 8.23. The highest BCUT2D eigenvalue weighted by atomic mass is 19.1. The fraction of sp³-hybridized carbons (Fsp3) is 0.500. The predicted octanol–water partition coefficient (Wildman–Crippen LogP) is 0.284. The number of β-amino-alcohol motifs (C(OH)–C–C–N with tert-alkyl or cyclic N) is 1. The Morgan fingerprint density at radius 3 is 3.00 bits per heavy atom. The highest BCUT2D eigenvalue weighted by molar-refractivity contribution is 5.44. The minimum atomic E-state index is -0.492. The lowest BCUT2D eigenvalue weighted by atomic mass is 10.2. The van der Waals surface area contributed by atoms with Crippen molar-refractivity contribution in [3.05, 3.63) is 23.6 Å². The molecule has 1 fully saturated rings. The molecular weight excluding hydrogens is 199 g/mol. The van der Waals surface area contributed by atoms with Gasteiger partial charge in [-0.3, -0.25) is 0 Å². The molecule has 1 unspecified atom stereocenters. The molecule has 0 bridgehead atoms. The first-order valence-electron chi connectivity index (χ1n) is 4.89. The average Bonchev–Trinajstić information content (AvgIpc) is 2.65. The summed E-state index contributed by atoms with van der Waals surface area (Å²) in [5.74, 6) is -0.271. The summed E-state index contributed by atoms with van der Waals surface area (Å²) in [5, 5.41) is 18.2. The van der Waals surface area contributed by atoms with Crippen LogP contribution in [0.25, 0.3) is 0 Å². The van der Waals surface area contributed by atoms with Crippen LogP contribution < -0.4 is 4.90 Å². The minimum Gasteiger partial charge on any atom is -0.392 e. The number of halogens is 1. The standard InChI is InChI=1S/C10H13FN2O2/c11-9-7(6-14)1-3-12-10(9)13-4-2-8(15)5-13/h1,3,8,14-15H,2,4-6H2. The molecule has 0 aromatic carbocycles. The van der Waals surface area contributed by atoms with Crippen LogP contribution in [0.15, 0.2) is 12.3 Å². The molecule has 0 aliphatic carbocycles. The summed E-state index contributed by atoms with van der Waals surface area (Å²) in [6, 6.07) is 1.45.